The molecule has 0 aromatic heterocycles. The molecule has 0 aliphatic carbocycles. The van der Waals surface area contributed by atoms with Gasteiger partial charge in [-0.05, 0) is 36.2 Å². The average molecular weight is 270 g/mol. The van der Waals surface area contributed by atoms with E-state index >= 15 is 0 Å². The minimum absolute atomic E-state index is 0.163. The van der Waals surface area contributed by atoms with Crippen molar-refractivity contribution in [1.82, 2.24) is 10.2 Å². The number of hydrogen-bond acceptors (Lipinski definition) is 2. The maximum atomic E-state index is 11.9. The number of nitrogens with zero attached hydrogens (tertiary/aromatic N) is 1. The lowest BCUT2D eigenvalue weighted by Crippen LogP contribution is -2.37. The normalized spacial score (nSPS) is 10.7. The molecule has 0 aliphatic heterocycles. The van der Waals surface area contributed by atoms with Crippen LogP contribution in [0.4, 0.5) is 0 Å². The largest absolute Gasteiger partial charge is 0.342 e. The van der Waals surface area contributed by atoms with Gasteiger partial charge < -0.3 is 10.2 Å². The van der Waals surface area contributed by atoms with Crippen molar-refractivity contribution >= 4 is 16.7 Å². The number of rotatable bonds is 6. The lowest BCUT2D eigenvalue weighted by molar-refractivity contribution is -0.129. The first-order chi connectivity index (χ1) is 9.74. The lowest BCUT2D eigenvalue weighted by atomic mass is 10.1. The molecule has 0 saturated heterocycles. The molecule has 3 nitrogen and oxygen atoms in total. The summed E-state index contributed by atoms with van der Waals surface area (Å²) >= 11 is 0. The van der Waals surface area contributed by atoms with Crippen LogP contribution in [-0.4, -0.2) is 30.4 Å². The zero-order valence-electron chi connectivity index (χ0n) is 12.2. The second-order valence-electron chi connectivity index (χ2n) is 4.85. The average Bonchev–Trinajstić information content (AvgIpc) is 2.48. The molecular weight excluding hydrogens is 248 g/mol. The molecule has 2 rings (SSSR count). The van der Waals surface area contributed by atoms with Crippen LogP contribution in [0.5, 0.6) is 0 Å². The molecule has 1 amide bonds. The molecule has 2 aromatic carbocycles. The Morgan fingerprint density at radius 2 is 1.75 bits per heavy atom. The summed E-state index contributed by atoms with van der Waals surface area (Å²) < 4.78 is 0. The summed E-state index contributed by atoms with van der Waals surface area (Å²) in [5.74, 6) is 0.163. The van der Waals surface area contributed by atoms with Crippen molar-refractivity contribution < 1.29 is 4.79 Å². The van der Waals surface area contributed by atoms with E-state index in [1.165, 1.54) is 16.3 Å². The fourth-order valence-corrected chi connectivity index (χ4v) is 2.35. The predicted molar refractivity (Wildman–Crippen MR) is 83.6 cm³/mol. The highest BCUT2D eigenvalue weighted by Crippen LogP contribution is 2.15. The third-order valence-electron chi connectivity index (χ3n) is 3.54. The van der Waals surface area contributed by atoms with Crippen LogP contribution in [-0.2, 0) is 11.3 Å². The summed E-state index contributed by atoms with van der Waals surface area (Å²) in [5.41, 5.74) is 1.20. The van der Waals surface area contributed by atoms with Gasteiger partial charge in [-0.15, -0.1) is 0 Å². The van der Waals surface area contributed by atoms with Crippen LogP contribution in [0.15, 0.2) is 42.5 Å². The monoisotopic (exact) mass is 270 g/mol. The quantitative estimate of drug-likeness (QED) is 0.875. The third kappa shape index (κ3) is 3.58. The molecule has 3 heteroatoms. The van der Waals surface area contributed by atoms with Crippen molar-refractivity contribution in [3.05, 3.63) is 48.0 Å². The van der Waals surface area contributed by atoms with Gasteiger partial charge in [0.2, 0.25) is 5.91 Å². The summed E-state index contributed by atoms with van der Waals surface area (Å²) in [4.78, 5) is 13.7. The zero-order valence-corrected chi connectivity index (χ0v) is 12.2. The van der Waals surface area contributed by atoms with Crippen LogP contribution in [0, 0.1) is 0 Å². The molecule has 1 N–H and O–H groups in total. The second kappa shape index (κ2) is 7.06. The first kappa shape index (κ1) is 14.5. The van der Waals surface area contributed by atoms with Crippen LogP contribution in [0.2, 0.25) is 0 Å². The summed E-state index contributed by atoms with van der Waals surface area (Å²) in [6, 6.07) is 14.7. The van der Waals surface area contributed by atoms with Gasteiger partial charge in [-0.25, -0.2) is 0 Å². The predicted octanol–water partition coefficient (Wildman–Crippen LogP) is 2.80. The molecule has 0 atom stereocenters. The number of amides is 1. The van der Waals surface area contributed by atoms with Crippen LogP contribution < -0.4 is 5.32 Å². The molecule has 20 heavy (non-hydrogen) atoms. The first-order valence-electron chi connectivity index (χ1n) is 7.20. The molecule has 0 fully saturated rings. The zero-order chi connectivity index (χ0) is 14.4. The van der Waals surface area contributed by atoms with Crippen LogP contribution >= 0.6 is 0 Å². The van der Waals surface area contributed by atoms with E-state index in [-0.39, 0.29) is 5.91 Å². The smallest absolute Gasteiger partial charge is 0.236 e. The van der Waals surface area contributed by atoms with E-state index in [1.807, 2.05) is 30.9 Å². The van der Waals surface area contributed by atoms with Gasteiger partial charge in [-0.2, -0.15) is 0 Å². The molecule has 0 aliphatic rings. The van der Waals surface area contributed by atoms with Gasteiger partial charge in [0.05, 0.1) is 6.54 Å². The van der Waals surface area contributed by atoms with E-state index in [1.54, 1.807) is 0 Å². The van der Waals surface area contributed by atoms with Crippen molar-refractivity contribution in [2.75, 3.05) is 19.6 Å². The highest BCUT2D eigenvalue weighted by atomic mass is 16.2. The Morgan fingerprint density at radius 1 is 1.05 bits per heavy atom. The molecule has 0 unspecified atom stereocenters. The SMILES string of the molecule is CCN(CC)C(=O)CNCc1ccc2ccccc2c1. The van der Waals surface area contributed by atoms with Crippen molar-refractivity contribution in [2.45, 2.75) is 20.4 Å². The highest BCUT2D eigenvalue weighted by molar-refractivity contribution is 5.83. The number of fused-ring (bicyclic) bond motifs is 1. The van der Waals surface area contributed by atoms with E-state index in [2.05, 4.69) is 35.6 Å². The van der Waals surface area contributed by atoms with Gasteiger partial charge in [0.15, 0.2) is 0 Å². The first-order valence-corrected chi connectivity index (χ1v) is 7.20. The van der Waals surface area contributed by atoms with Crippen molar-refractivity contribution in [1.29, 1.82) is 0 Å². The summed E-state index contributed by atoms with van der Waals surface area (Å²) in [6.07, 6.45) is 0. The second-order valence-corrected chi connectivity index (χ2v) is 4.85. The van der Waals surface area contributed by atoms with Gasteiger partial charge in [-0.1, -0.05) is 36.4 Å². The highest BCUT2D eigenvalue weighted by Gasteiger charge is 2.08. The van der Waals surface area contributed by atoms with Crippen molar-refractivity contribution in [3.63, 3.8) is 0 Å². The van der Waals surface area contributed by atoms with E-state index in [9.17, 15) is 4.79 Å². The number of nitrogens with one attached hydrogen (secondary N) is 1. The molecule has 0 bridgehead atoms. The van der Waals surface area contributed by atoms with E-state index < -0.39 is 0 Å². The van der Waals surface area contributed by atoms with Crippen LogP contribution in [0.25, 0.3) is 10.8 Å². The summed E-state index contributed by atoms with van der Waals surface area (Å²) in [5, 5.41) is 5.71. The fourth-order valence-electron chi connectivity index (χ4n) is 2.35. The Labute approximate surface area is 120 Å². The molecule has 2 aromatic rings. The molecule has 0 heterocycles. The van der Waals surface area contributed by atoms with Gasteiger partial charge in [0, 0.05) is 19.6 Å². The number of likely N-dealkylation sites (N-methyl/N-ethyl adjacent to an activating group) is 1. The maximum Gasteiger partial charge on any atom is 0.236 e. The minimum atomic E-state index is 0.163. The third-order valence-corrected chi connectivity index (χ3v) is 3.54. The number of carbonyl (C=O) groups excluding carboxylic acids is 1. The van der Waals surface area contributed by atoms with Gasteiger partial charge >= 0.3 is 0 Å². The van der Waals surface area contributed by atoms with Crippen molar-refractivity contribution in [2.24, 2.45) is 0 Å². The Bertz CT molecular complexity index is 576. The summed E-state index contributed by atoms with van der Waals surface area (Å²) in [7, 11) is 0. The fraction of sp³-hybridized carbons (Fsp3) is 0.353. The Kier molecular flexibility index (Phi) is 5.13. The molecule has 0 spiro atoms. The number of benzene rings is 2. The van der Waals surface area contributed by atoms with Crippen LogP contribution in [0.1, 0.15) is 19.4 Å². The topological polar surface area (TPSA) is 32.3 Å². The Balaban J connectivity index is 1.91. The Hall–Kier alpha value is -1.87. The molecule has 106 valence electrons. The Morgan fingerprint density at radius 3 is 2.45 bits per heavy atom. The molecular formula is C17H22N2O. The van der Waals surface area contributed by atoms with Crippen molar-refractivity contribution in [3.8, 4) is 0 Å². The number of carbonyl (C=O) groups is 1. The van der Waals surface area contributed by atoms with E-state index in [0.717, 1.165) is 19.6 Å². The van der Waals surface area contributed by atoms with Gasteiger partial charge in [-0.3, -0.25) is 4.79 Å². The van der Waals surface area contributed by atoms with Crippen LogP contribution in [0.3, 0.4) is 0 Å². The number of hydrogen-bond donors (Lipinski definition) is 1. The summed E-state index contributed by atoms with van der Waals surface area (Å²) in [6.45, 7) is 6.67. The minimum Gasteiger partial charge on any atom is -0.342 e. The van der Waals surface area contributed by atoms with E-state index in [4.69, 9.17) is 0 Å². The molecule has 0 saturated carbocycles. The maximum absolute atomic E-state index is 11.9. The van der Waals surface area contributed by atoms with Gasteiger partial charge in [0.1, 0.15) is 0 Å². The van der Waals surface area contributed by atoms with E-state index in [0.29, 0.717) is 6.54 Å². The lowest BCUT2D eigenvalue weighted by Gasteiger charge is -2.18. The van der Waals surface area contributed by atoms with Gasteiger partial charge in [0.25, 0.3) is 0 Å². The standard InChI is InChI=1S/C17H22N2O/c1-3-19(4-2)17(20)13-18-12-14-9-10-15-7-5-6-8-16(15)11-14/h5-11,18H,3-4,12-13H2,1-2H3. The molecule has 0 radical (unpaired) electrons.